The van der Waals surface area contributed by atoms with Gasteiger partial charge >= 0.3 is 0 Å². The molecule has 3 heterocycles. The molecule has 114 valence electrons. The minimum atomic E-state index is -0.0626. The van der Waals surface area contributed by atoms with Crippen molar-refractivity contribution in [2.45, 2.75) is 18.9 Å². The number of nitriles is 1. The minimum absolute atomic E-state index is 0.0626. The number of piperidine rings is 3. The predicted octanol–water partition coefficient (Wildman–Crippen LogP) is 2.18. The summed E-state index contributed by atoms with van der Waals surface area (Å²) in [5.41, 5.74) is 1.18. The summed E-state index contributed by atoms with van der Waals surface area (Å²) >= 11 is 0. The molecule has 3 aliphatic heterocycles. The Morgan fingerprint density at radius 2 is 2.23 bits per heavy atom. The maximum absolute atomic E-state index is 12.2. The SMILES string of the molecule is C=C[C@H]1CN2CC[C@H]1C[C@@H]2CNC(=O)c1ccc(C#N)cc1. The van der Waals surface area contributed by atoms with E-state index in [9.17, 15) is 4.79 Å². The molecular formula is C18H21N3O. The molecule has 4 rings (SSSR count). The Morgan fingerprint density at radius 3 is 2.82 bits per heavy atom. The van der Waals surface area contributed by atoms with E-state index in [-0.39, 0.29) is 5.91 Å². The average molecular weight is 295 g/mol. The molecule has 1 aromatic carbocycles. The maximum atomic E-state index is 12.2. The Bertz CT molecular complexity index is 602. The van der Waals surface area contributed by atoms with Gasteiger partial charge in [-0.2, -0.15) is 5.26 Å². The second-order valence-corrected chi connectivity index (χ2v) is 6.23. The quantitative estimate of drug-likeness (QED) is 0.866. The summed E-state index contributed by atoms with van der Waals surface area (Å²) in [4.78, 5) is 14.7. The molecule has 3 saturated heterocycles. The van der Waals surface area contributed by atoms with Crippen molar-refractivity contribution in [2.75, 3.05) is 19.6 Å². The number of fused-ring (bicyclic) bond motifs is 3. The zero-order valence-electron chi connectivity index (χ0n) is 12.7. The van der Waals surface area contributed by atoms with E-state index in [4.69, 9.17) is 5.26 Å². The lowest BCUT2D eigenvalue weighted by Crippen LogP contribution is -2.56. The Labute approximate surface area is 131 Å². The average Bonchev–Trinajstić information content (AvgIpc) is 2.60. The molecule has 1 amide bonds. The van der Waals surface area contributed by atoms with Crippen LogP contribution in [0.1, 0.15) is 28.8 Å². The minimum Gasteiger partial charge on any atom is -0.350 e. The molecule has 0 saturated carbocycles. The number of nitrogens with one attached hydrogen (secondary N) is 1. The molecular weight excluding hydrogens is 274 g/mol. The van der Waals surface area contributed by atoms with Gasteiger partial charge in [0.1, 0.15) is 0 Å². The lowest BCUT2D eigenvalue weighted by molar-refractivity contribution is 0.0195. The molecule has 3 fully saturated rings. The molecule has 0 aliphatic carbocycles. The molecule has 4 heteroatoms. The van der Waals surface area contributed by atoms with E-state index < -0.39 is 0 Å². The first kappa shape index (κ1) is 14.8. The largest absolute Gasteiger partial charge is 0.350 e. The second kappa shape index (κ2) is 6.33. The van der Waals surface area contributed by atoms with Crippen molar-refractivity contribution in [3.63, 3.8) is 0 Å². The van der Waals surface area contributed by atoms with Crippen LogP contribution in [0.15, 0.2) is 36.9 Å². The number of hydrogen-bond donors (Lipinski definition) is 1. The van der Waals surface area contributed by atoms with Crippen LogP contribution < -0.4 is 5.32 Å². The van der Waals surface area contributed by atoms with E-state index >= 15 is 0 Å². The summed E-state index contributed by atoms with van der Waals surface area (Å²) in [6.07, 6.45) is 4.48. The van der Waals surface area contributed by atoms with E-state index in [0.717, 1.165) is 25.4 Å². The van der Waals surface area contributed by atoms with Gasteiger partial charge in [0.2, 0.25) is 0 Å². The van der Waals surface area contributed by atoms with Gasteiger partial charge in [-0.25, -0.2) is 0 Å². The molecule has 1 aromatic rings. The van der Waals surface area contributed by atoms with E-state index in [0.29, 0.717) is 29.6 Å². The number of rotatable bonds is 4. The Hall–Kier alpha value is -2.12. The number of benzene rings is 1. The number of nitrogens with zero attached hydrogens (tertiary/aromatic N) is 2. The first-order valence-electron chi connectivity index (χ1n) is 7.86. The van der Waals surface area contributed by atoms with Crippen molar-refractivity contribution < 1.29 is 4.79 Å². The van der Waals surface area contributed by atoms with Crippen molar-refractivity contribution in [2.24, 2.45) is 11.8 Å². The fourth-order valence-electron chi connectivity index (χ4n) is 3.67. The van der Waals surface area contributed by atoms with Gasteiger partial charge in [-0.15, -0.1) is 6.58 Å². The predicted molar refractivity (Wildman–Crippen MR) is 85.3 cm³/mol. The van der Waals surface area contributed by atoms with Crippen LogP contribution in [0.4, 0.5) is 0 Å². The smallest absolute Gasteiger partial charge is 0.251 e. The highest BCUT2D eigenvalue weighted by molar-refractivity contribution is 5.94. The van der Waals surface area contributed by atoms with E-state index in [1.54, 1.807) is 24.3 Å². The third-order valence-corrected chi connectivity index (χ3v) is 5.01. The highest BCUT2D eigenvalue weighted by Gasteiger charge is 2.38. The van der Waals surface area contributed by atoms with Crippen LogP contribution in [0.25, 0.3) is 0 Å². The molecule has 22 heavy (non-hydrogen) atoms. The van der Waals surface area contributed by atoms with Gasteiger partial charge in [0.05, 0.1) is 11.6 Å². The van der Waals surface area contributed by atoms with Crippen molar-refractivity contribution in [1.82, 2.24) is 10.2 Å². The fourth-order valence-corrected chi connectivity index (χ4v) is 3.67. The number of amides is 1. The molecule has 2 bridgehead atoms. The van der Waals surface area contributed by atoms with Crippen molar-refractivity contribution in [3.8, 4) is 6.07 Å². The summed E-state index contributed by atoms with van der Waals surface area (Å²) in [7, 11) is 0. The third kappa shape index (κ3) is 2.90. The second-order valence-electron chi connectivity index (χ2n) is 6.23. The van der Waals surface area contributed by atoms with E-state index in [2.05, 4.69) is 28.9 Å². The summed E-state index contributed by atoms with van der Waals surface area (Å²) in [5, 5.41) is 11.8. The molecule has 0 spiro atoms. The molecule has 0 radical (unpaired) electrons. The van der Waals surface area contributed by atoms with Crippen molar-refractivity contribution in [3.05, 3.63) is 48.0 Å². The van der Waals surface area contributed by atoms with E-state index in [1.165, 1.54) is 6.42 Å². The van der Waals surface area contributed by atoms with Gasteiger partial charge in [0, 0.05) is 24.7 Å². The van der Waals surface area contributed by atoms with Crippen LogP contribution in [0.3, 0.4) is 0 Å². The first-order chi connectivity index (χ1) is 10.7. The fraction of sp³-hybridized carbons (Fsp3) is 0.444. The normalized spacial score (nSPS) is 29.6. The molecule has 3 aliphatic rings. The van der Waals surface area contributed by atoms with Gasteiger partial charge in [-0.3, -0.25) is 9.69 Å². The van der Waals surface area contributed by atoms with Crippen LogP contribution in [0.5, 0.6) is 0 Å². The molecule has 1 unspecified atom stereocenters. The van der Waals surface area contributed by atoms with E-state index in [1.807, 2.05) is 0 Å². The van der Waals surface area contributed by atoms with Gasteiger partial charge in [-0.1, -0.05) is 6.08 Å². The topological polar surface area (TPSA) is 56.1 Å². The van der Waals surface area contributed by atoms with Gasteiger partial charge in [0.15, 0.2) is 0 Å². The first-order valence-corrected chi connectivity index (χ1v) is 7.86. The zero-order chi connectivity index (χ0) is 15.5. The zero-order valence-corrected chi connectivity index (χ0v) is 12.7. The van der Waals surface area contributed by atoms with Crippen LogP contribution >= 0.6 is 0 Å². The van der Waals surface area contributed by atoms with Gasteiger partial charge in [-0.05, 0) is 55.5 Å². The number of carbonyl (C=O) groups is 1. The van der Waals surface area contributed by atoms with Gasteiger partial charge in [0.25, 0.3) is 5.91 Å². The van der Waals surface area contributed by atoms with Crippen LogP contribution in [0, 0.1) is 23.2 Å². The maximum Gasteiger partial charge on any atom is 0.251 e. The molecule has 4 nitrogen and oxygen atoms in total. The molecule has 4 atom stereocenters. The van der Waals surface area contributed by atoms with Crippen LogP contribution in [0.2, 0.25) is 0 Å². The Morgan fingerprint density at radius 1 is 1.45 bits per heavy atom. The highest BCUT2D eigenvalue weighted by atomic mass is 16.1. The highest BCUT2D eigenvalue weighted by Crippen LogP contribution is 2.36. The summed E-state index contributed by atoms with van der Waals surface area (Å²) in [6, 6.07) is 9.26. The summed E-state index contributed by atoms with van der Waals surface area (Å²) in [6.45, 7) is 6.84. The molecule has 0 aromatic heterocycles. The van der Waals surface area contributed by atoms with Crippen molar-refractivity contribution >= 4 is 5.91 Å². The van der Waals surface area contributed by atoms with Crippen molar-refractivity contribution in [1.29, 1.82) is 5.26 Å². The monoisotopic (exact) mass is 295 g/mol. The third-order valence-electron chi connectivity index (χ3n) is 5.01. The lowest BCUT2D eigenvalue weighted by Gasteiger charge is -2.49. The number of carbonyl (C=O) groups excluding carboxylic acids is 1. The summed E-state index contributed by atoms with van der Waals surface area (Å²) in [5.74, 6) is 1.27. The number of hydrogen-bond acceptors (Lipinski definition) is 3. The Balaban J connectivity index is 1.55. The van der Waals surface area contributed by atoms with Crippen LogP contribution in [-0.4, -0.2) is 36.5 Å². The van der Waals surface area contributed by atoms with Crippen LogP contribution in [-0.2, 0) is 0 Å². The standard InChI is InChI=1S/C18H21N3O/c1-2-14-12-21-8-7-16(14)9-17(21)11-20-18(22)15-5-3-13(10-19)4-6-15/h2-6,14,16-17H,1,7-9,11-12H2,(H,20,22)/t14-,16-,17+/m0/s1. The summed E-state index contributed by atoms with van der Waals surface area (Å²) < 4.78 is 0. The molecule has 1 N–H and O–H groups in total. The van der Waals surface area contributed by atoms with Gasteiger partial charge < -0.3 is 5.32 Å². The lowest BCUT2D eigenvalue weighted by atomic mass is 9.75. The Kier molecular flexibility index (Phi) is 4.26.